The Morgan fingerprint density at radius 3 is 2.38 bits per heavy atom. The first kappa shape index (κ1) is 12.9. The zero-order chi connectivity index (χ0) is 12.3. The molecule has 1 heterocycles. The van der Waals surface area contributed by atoms with Crippen LogP contribution >= 0.6 is 0 Å². The van der Waals surface area contributed by atoms with Crippen LogP contribution < -0.4 is 0 Å². The zero-order valence-electron chi connectivity index (χ0n) is 10.7. The molecule has 0 N–H and O–H groups in total. The molecule has 1 rings (SSSR count). The van der Waals surface area contributed by atoms with Crippen LogP contribution in [0.15, 0.2) is 11.6 Å². The minimum Gasteiger partial charge on any atom is -0.338 e. The Hall–Kier alpha value is -1.12. The smallest absolute Gasteiger partial charge is 0.230 e. The highest BCUT2D eigenvalue weighted by Gasteiger charge is 2.23. The van der Waals surface area contributed by atoms with E-state index >= 15 is 0 Å². The van der Waals surface area contributed by atoms with Crippen molar-refractivity contribution in [1.29, 1.82) is 0 Å². The Balaban J connectivity index is 2.57. The highest BCUT2D eigenvalue weighted by Crippen LogP contribution is 2.30. The summed E-state index contributed by atoms with van der Waals surface area (Å²) in [5.41, 5.74) is 1.59. The summed E-state index contributed by atoms with van der Waals surface area (Å²) >= 11 is 0. The van der Waals surface area contributed by atoms with Gasteiger partial charge in [-0.1, -0.05) is 32.4 Å². The van der Waals surface area contributed by atoms with Crippen LogP contribution in [0.3, 0.4) is 0 Å². The van der Waals surface area contributed by atoms with Crippen molar-refractivity contribution in [2.45, 2.75) is 40.5 Å². The normalized spacial score (nSPS) is 17.0. The van der Waals surface area contributed by atoms with E-state index in [1.807, 2.05) is 0 Å². The van der Waals surface area contributed by atoms with Gasteiger partial charge in [0.2, 0.25) is 5.91 Å². The fourth-order valence-electron chi connectivity index (χ4n) is 1.90. The fourth-order valence-corrected chi connectivity index (χ4v) is 1.90. The van der Waals surface area contributed by atoms with Gasteiger partial charge in [-0.3, -0.25) is 9.59 Å². The molecule has 0 atom stereocenters. The van der Waals surface area contributed by atoms with Gasteiger partial charge in [0, 0.05) is 13.1 Å². The Kier molecular flexibility index (Phi) is 3.89. The predicted octanol–water partition coefficient (Wildman–Crippen LogP) is 2.17. The summed E-state index contributed by atoms with van der Waals surface area (Å²) in [6.07, 6.45) is 3.09. The van der Waals surface area contributed by atoms with Crippen LogP contribution in [0.4, 0.5) is 0 Å². The van der Waals surface area contributed by atoms with Crippen LogP contribution in [0.2, 0.25) is 0 Å². The minimum absolute atomic E-state index is 0.0404. The maximum Gasteiger partial charge on any atom is 0.230 e. The van der Waals surface area contributed by atoms with Crippen molar-refractivity contribution in [3.05, 3.63) is 11.6 Å². The number of carbonyl (C=O) groups is 2. The highest BCUT2D eigenvalue weighted by molar-refractivity contribution is 5.96. The van der Waals surface area contributed by atoms with E-state index in [2.05, 4.69) is 26.8 Å². The van der Waals surface area contributed by atoms with Gasteiger partial charge in [-0.2, -0.15) is 0 Å². The van der Waals surface area contributed by atoms with Crippen molar-refractivity contribution < 1.29 is 9.59 Å². The molecule has 0 radical (unpaired) electrons. The van der Waals surface area contributed by atoms with E-state index < -0.39 is 0 Å². The van der Waals surface area contributed by atoms with Crippen molar-refractivity contribution >= 4 is 11.7 Å². The van der Waals surface area contributed by atoms with Crippen molar-refractivity contribution in [2.75, 3.05) is 13.1 Å². The second-order valence-corrected chi connectivity index (χ2v) is 5.45. The zero-order valence-corrected chi connectivity index (χ0v) is 10.7. The summed E-state index contributed by atoms with van der Waals surface area (Å²) in [7, 11) is 0. The topological polar surface area (TPSA) is 37.4 Å². The molecule has 0 saturated carbocycles. The third-order valence-corrected chi connectivity index (χ3v) is 2.93. The van der Waals surface area contributed by atoms with Gasteiger partial charge in [0.1, 0.15) is 5.78 Å². The Labute approximate surface area is 97.5 Å². The summed E-state index contributed by atoms with van der Waals surface area (Å²) in [6.45, 7) is 9.41. The molecule has 3 nitrogen and oxygen atoms in total. The SMILES string of the molecule is CC(=O)CC(=O)N1CC=C(C(C)(C)C)CC1. The van der Waals surface area contributed by atoms with Gasteiger partial charge in [-0.25, -0.2) is 0 Å². The quantitative estimate of drug-likeness (QED) is 0.531. The predicted molar refractivity (Wildman–Crippen MR) is 64.0 cm³/mol. The molecule has 1 aliphatic rings. The number of hydrogen-bond acceptors (Lipinski definition) is 2. The standard InChI is InChI=1S/C13H21NO2/c1-10(15)9-12(16)14-7-5-11(6-8-14)13(2,3)4/h5H,6-9H2,1-4H3. The number of amides is 1. The molecule has 0 aromatic heterocycles. The maximum absolute atomic E-state index is 11.6. The molecule has 1 amide bonds. The van der Waals surface area contributed by atoms with E-state index in [0.717, 1.165) is 13.0 Å². The van der Waals surface area contributed by atoms with Crippen LogP contribution in [0.1, 0.15) is 40.5 Å². The monoisotopic (exact) mass is 223 g/mol. The molecule has 0 fully saturated rings. The number of nitrogens with zero attached hydrogens (tertiary/aromatic N) is 1. The van der Waals surface area contributed by atoms with Crippen LogP contribution in [0.5, 0.6) is 0 Å². The number of hydrogen-bond donors (Lipinski definition) is 0. The summed E-state index contributed by atoms with van der Waals surface area (Å²) < 4.78 is 0. The second-order valence-electron chi connectivity index (χ2n) is 5.45. The lowest BCUT2D eigenvalue weighted by Crippen LogP contribution is -2.37. The first-order chi connectivity index (χ1) is 7.30. The third-order valence-electron chi connectivity index (χ3n) is 2.93. The van der Waals surface area contributed by atoms with E-state index in [9.17, 15) is 9.59 Å². The molecule has 0 unspecified atom stereocenters. The van der Waals surface area contributed by atoms with Crippen LogP contribution in [-0.4, -0.2) is 29.7 Å². The van der Waals surface area contributed by atoms with Crippen LogP contribution in [-0.2, 0) is 9.59 Å². The maximum atomic E-state index is 11.6. The van der Waals surface area contributed by atoms with E-state index in [1.165, 1.54) is 12.5 Å². The Bertz CT molecular complexity index is 323. The number of carbonyl (C=O) groups excluding carboxylic acids is 2. The number of rotatable bonds is 2. The first-order valence-corrected chi connectivity index (χ1v) is 5.77. The molecule has 0 aromatic carbocycles. The average molecular weight is 223 g/mol. The van der Waals surface area contributed by atoms with Gasteiger partial charge in [0.15, 0.2) is 0 Å². The van der Waals surface area contributed by atoms with Gasteiger partial charge in [0.25, 0.3) is 0 Å². The number of Topliss-reactive ketones (excluding diaryl/α,β-unsaturated/α-hetero) is 1. The molecule has 90 valence electrons. The Morgan fingerprint density at radius 2 is 2.00 bits per heavy atom. The molecule has 0 spiro atoms. The first-order valence-electron chi connectivity index (χ1n) is 5.77. The molecular weight excluding hydrogens is 202 g/mol. The highest BCUT2D eigenvalue weighted by atomic mass is 16.2. The van der Waals surface area contributed by atoms with Crippen LogP contribution in [0, 0.1) is 5.41 Å². The lowest BCUT2D eigenvalue weighted by atomic mass is 9.83. The summed E-state index contributed by atoms with van der Waals surface area (Å²) in [5, 5.41) is 0. The molecule has 1 aliphatic heterocycles. The molecule has 16 heavy (non-hydrogen) atoms. The third kappa shape index (κ3) is 3.47. The van der Waals surface area contributed by atoms with Crippen molar-refractivity contribution in [1.82, 2.24) is 4.90 Å². The number of ketones is 1. The lowest BCUT2D eigenvalue weighted by Gasteiger charge is -2.32. The molecule has 3 heteroatoms. The molecule has 0 aromatic rings. The lowest BCUT2D eigenvalue weighted by molar-refractivity contribution is -0.134. The minimum atomic E-state index is -0.0596. The van der Waals surface area contributed by atoms with E-state index in [1.54, 1.807) is 4.90 Å². The average Bonchev–Trinajstić information content (AvgIpc) is 2.15. The summed E-state index contributed by atoms with van der Waals surface area (Å²) in [4.78, 5) is 24.3. The van der Waals surface area contributed by atoms with Crippen molar-refractivity contribution in [3.63, 3.8) is 0 Å². The fraction of sp³-hybridized carbons (Fsp3) is 0.692. The molecule has 0 saturated heterocycles. The Morgan fingerprint density at radius 1 is 1.38 bits per heavy atom. The van der Waals surface area contributed by atoms with Gasteiger partial charge in [-0.15, -0.1) is 0 Å². The van der Waals surface area contributed by atoms with Gasteiger partial charge in [0.05, 0.1) is 6.42 Å². The van der Waals surface area contributed by atoms with Gasteiger partial charge in [-0.05, 0) is 18.8 Å². The van der Waals surface area contributed by atoms with Crippen LogP contribution in [0.25, 0.3) is 0 Å². The van der Waals surface area contributed by atoms with Gasteiger partial charge < -0.3 is 4.90 Å². The largest absolute Gasteiger partial charge is 0.338 e. The molecular formula is C13H21NO2. The molecule has 0 bridgehead atoms. The summed E-state index contributed by atoms with van der Waals surface area (Å²) in [6, 6.07) is 0. The van der Waals surface area contributed by atoms with E-state index in [0.29, 0.717) is 6.54 Å². The van der Waals surface area contributed by atoms with Gasteiger partial charge >= 0.3 is 0 Å². The van der Waals surface area contributed by atoms with Crippen molar-refractivity contribution in [3.8, 4) is 0 Å². The van der Waals surface area contributed by atoms with E-state index in [-0.39, 0.29) is 23.5 Å². The second kappa shape index (κ2) is 4.81. The molecule has 0 aliphatic carbocycles. The van der Waals surface area contributed by atoms with Crippen molar-refractivity contribution in [2.24, 2.45) is 5.41 Å². The summed E-state index contributed by atoms with van der Waals surface area (Å²) in [5.74, 6) is -0.104. The van der Waals surface area contributed by atoms with E-state index in [4.69, 9.17) is 0 Å².